The maximum Gasteiger partial charge on any atom is 0.320 e. The molecule has 1 aromatic carbocycles. The summed E-state index contributed by atoms with van der Waals surface area (Å²) in [6.45, 7) is 4.03. The van der Waals surface area contributed by atoms with Gasteiger partial charge >= 0.3 is 5.97 Å². The van der Waals surface area contributed by atoms with Crippen LogP contribution in [0.1, 0.15) is 13.8 Å². The molecule has 1 atom stereocenters. The van der Waals surface area contributed by atoms with Gasteiger partial charge in [0, 0.05) is 12.4 Å². The molecule has 1 N–H and O–H groups in total. The first-order valence-electron chi connectivity index (χ1n) is 6.12. The zero-order chi connectivity index (χ0) is 13.7. The molecule has 1 unspecified atom stereocenters. The van der Waals surface area contributed by atoms with E-state index in [0.717, 1.165) is 5.69 Å². The molecule has 0 amide bonds. The first-order chi connectivity index (χ1) is 9.20. The number of ether oxygens (including phenoxy) is 1. The van der Waals surface area contributed by atoms with Crippen LogP contribution in [0.4, 0.5) is 5.69 Å². The van der Waals surface area contributed by atoms with Gasteiger partial charge in [-0.3, -0.25) is 9.80 Å². The fraction of sp³-hybridized carbons (Fsp3) is 0.308. The molecule has 0 fully saturated rings. The van der Waals surface area contributed by atoms with E-state index in [-0.39, 0.29) is 11.2 Å². The number of esters is 1. The van der Waals surface area contributed by atoms with Crippen molar-refractivity contribution in [1.29, 1.82) is 0 Å². The highest BCUT2D eigenvalue weighted by Gasteiger charge is 2.21. The lowest BCUT2D eigenvalue weighted by Gasteiger charge is -2.23. The minimum atomic E-state index is -0.257. The van der Waals surface area contributed by atoms with Crippen LogP contribution in [0.2, 0.25) is 0 Å². The van der Waals surface area contributed by atoms with Gasteiger partial charge in [0.1, 0.15) is 5.25 Å². The van der Waals surface area contributed by atoms with Crippen molar-refractivity contribution in [3.05, 3.63) is 42.7 Å². The lowest BCUT2D eigenvalue weighted by atomic mass is 10.3. The van der Waals surface area contributed by atoms with Gasteiger partial charge in [-0.25, -0.2) is 4.41 Å². The predicted octanol–water partition coefficient (Wildman–Crippen LogP) is 2.30. The number of rotatable bonds is 5. The quantitative estimate of drug-likeness (QED) is 0.659. The van der Waals surface area contributed by atoms with Crippen molar-refractivity contribution < 1.29 is 9.53 Å². The summed E-state index contributed by atoms with van der Waals surface area (Å²) >= 11 is 1.37. The summed E-state index contributed by atoms with van der Waals surface area (Å²) in [5.41, 5.74) is 4.18. The van der Waals surface area contributed by atoms with Gasteiger partial charge in [-0.15, -0.1) is 5.53 Å². The van der Waals surface area contributed by atoms with Gasteiger partial charge in [-0.1, -0.05) is 18.2 Å². The van der Waals surface area contributed by atoms with Crippen LogP contribution < -0.4 is 10.5 Å². The summed E-state index contributed by atoms with van der Waals surface area (Å²) in [7, 11) is 0. The second-order valence-electron chi connectivity index (χ2n) is 3.93. The molecule has 0 radical (unpaired) electrons. The Labute approximate surface area is 117 Å². The van der Waals surface area contributed by atoms with Crippen LogP contribution in [0.3, 0.4) is 0 Å². The van der Waals surface area contributed by atoms with Gasteiger partial charge in [0.05, 0.1) is 12.3 Å². The fourth-order valence-electron chi connectivity index (χ4n) is 1.56. The average molecular weight is 279 g/mol. The van der Waals surface area contributed by atoms with Crippen molar-refractivity contribution in [1.82, 2.24) is 9.95 Å². The molecule has 0 aliphatic carbocycles. The van der Waals surface area contributed by atoms with E-state index in [1.807, 2.05) is 54.7 Å². The monoisotopic (exact) mass is 279 g/mol. The van der Waals surface area contributed by atoms with Crippen LogP contribution in [0.25, 0.3) is 0 Å². The Hall–Kier alpha value is -1.66. The highest BCUT2D eigenvalue weighted by Crippen LogP contribution is 2.22. The largest absolute Gasteiger partial charge is 0.465 e. The van der Waals surface area contributed by atoms with E-state index in [1.54, 1.807) is 11.3 Å². The second kappa shape index (κ2) is 6.49. The first-order valence-corrected chi connectivity index (χ1v) is 6.96. The van der Waals surface area contributed by atoms with Crippen molar-refractivity contribution in [2.24, 2.45) is 0 Å². The van der Waals surface area contributed by atoms with Crippen molar-refractivity contribution in [2.75, 3.05) is 11.6 Å². The van der Waals surface area contributed by atoms with E-state index in [2.05, 4.69) is 5.53 Å². The van der Waals surface area contributed by atoms with Gasteiger partial charge in [-0.05, 0) is 37.9 Å². The number of para-hydroxylation sites is 1. The minimum absolute atomic E-state index is 0.208. The molecule has 102 valence electrons. The molecule has 1 aliphatic heterocycles. The van der Waals surface area contributed by atoms with Crippen molar-refractivity contribution >= 4 is 23.6 Å². The van der Waals surface area contributed by atoms with Crippen LogP contribution in [-0.4, -0.2) is 22.2 Å². The Kier molecular flexibility index (Phi) is 4.70. The smallest absolute Gasteiger partial charge is 0.320 e. The summed E-state index contributed by atoms with van der Waals surface area (Å²) in [6, 6.07) is 9.92. The van der Waals surface area contributed by atoms with Gasteiger partial charge in [0.25, 0.3) is 0 Å². The molecule has 0 saturated carbocycles. The fourth-order valence-corrected chi connectivity index (χ4v) is 2.32. The normalized spacial score (nSPS) is 15.7. The number of hydrogen-bond acceptors (Lipinski definition) is 6. The number of nitrogens with zero attached hydrogens (tertiary/aromatic N) is 2. The third-order valence-electron chi connectivity index (χ3n) is 2.48. The molecule has 1 aliphatic rings. The molecule has 1 aromatic rings. The number of benzene rings is 1. The highest BCUT2D eigenvalue weighted by molar-refractivity contribution is 7.98. The van der Waals surface area contributed by atoms with E-state index in [4.69, 9.17) is 4.74 Å². The number of hydrogen-bond donors (Lipinski definition) is 1. The molecule has 5 nitrogen and oxygen atoms in total. The van der Waals surface area contributed by atoms with Crippen molar-refractivity contribution in [2.45, 2.75) is 19.1 Å². The number of hydrazine groups is 2. The average Bonchev–Trinajstić information content (AvgIpc) is 2.88. The highest BCUT2D eigenvalue weighted by atomic mass is 32.2. The molecule has 0 saturated heterocycles. The summed E-state index contributed by atoms with van der Waals surface area (Å²) in [5.74, 6) is -0.208. The third kappa shape index (κ3) is 3.65. The van der Waals surface area contributed by atoms with Crippen LogP contribution in [0, 0.1) is 0 Å². The standard InChI is InChI=1S/C13H17N3O2S/c1-3-18-13(17)11(2)19-16-10-9-15(14-16)12-7-5-4-6-8-12/h4-11,14H,3H2,1-2H3. The maximum atomic E-state index is 11.5. The van der Waals surface area contributed by atoms with Gasteiger partial charge < -0.3 is 4.74 Å². The van der Waals surface area contributed by atoms with Crippen molar-refractivity contribution in [3.8, 4) is 0 Å². The minimum Gasteiger partial charge on any atom is -0.465 e. The van der Waals surface area contributed by atoms with E-state index in [0.29, 0.717) is 6.61 Å². The Balaban J connectivity index is 1.86. The Morgan fingerprint density at radius 3 is 2.79 bits per heavy atom. The molecular formula is C13H17N3O2S. The summed E-state index contributed by atoms with van der Waals surface area (Å²) in [5, 5.41) is 1.62. The Morgan fingerprint density at radius 1 is 1.37 bits per heavy atom. The van der Waals surface area contributed by atoms with Crippen LogP contribution in [0.15, 0.2) is 42.7 Å². The molecule has 0 spiro atoms. The van der Waals surface area contributed by atoms with E-state index >= 15 is 0 Å². The number of anilines is 1. The molecule has 1 heterocycles. The Bertz CT molecular complexity index is 452. The van der Waals surface area contributed by atoms with Crippen molar-refractivity contribution in [3.63, 3.8) is 0 Å². The molecule has 6 heteroatoms. The van der Waals surface area contributed by atoms with Crippen LogP contribution in [-0.2, 0) is 9.53 Å². The van der Waals surface area contributed by atoms with Gasteiger partial charge in [0.2, 0.25) is 0 Å². The van der Waals surface area contributed by atoms with E-state index in [1.165, 1.54) is 11.9 Å². The number of nitrogens with one attached hydrogen (secondary N) is 1. The molecule has 2 rings (SSSR count). The zero-order valence-electron chi connectivity index (χ0n) is 10.9. The number of carbonyl (C=O) groups excluding carboxylic acids is 1. The second-order valence-corrected chi connectivity index (χ2v) is 5.24. The van der Waals surface area contributed by atoms with Crippen LogP contribution in [0.5, 0.6) is 0 Å². The molecule has 19 heavy (non-hydrogen) atoms. The Morgan fingerprint density at radius 2 is 2.11 bits per heavy atom. The van der Waals surface area contributed by atoms with Gasteiger partial charge in [0.15, 0.2) is 0 Å². The predicted molar refractivity (Wildman–Crippen MR) is 76.7 cm³/mol. The molecular weight excluding hydrogens is 262 g/mol. The first kappa shape index (κ1) is 13.8. The molecule has 0 bridgehead atoms. The SMILES string of the molecule is CCOC(=O)C(C)SN1C=CN(c2ccccc2)N1. The lowest BCUT2D eigenvalue weighted by molar-refractivity contribution is -0.142. The van der Waals surface area contributed by atoms with E-state index in [9.17, 15) is 4.79 Å². The summed E-state index contributed by atoms with van der Waals surface area (Å²) in [6.07, 6.45) is 3.77. The zero-order valence-corrected chi connectivity index (χ0v) is 11.8. The maximum absolute atomic E-state index is 11.5. The number of carbonyl (C=O) groups is 1. The summed E-state index contributed by atoms with van der Waals surface area (Å²) < 4.78 is 6.76. The van der Waals surface area contributed by atoms with E-state index < -0.39 is 0 Å². The molecule has 0 aromatic heterocycles. The summed E-state index contributed by atoms with van der Waals surface area (Å²) in [4.78, 5) is 11.5. The third-order valence-corrected chi connectivity index (χ3v) is 3.42. The topological polar surface area (TPSA) is 44.8 Å². The van der Waals surface area contributed by atoms with Gasteiger partial charge in [-0.2, -0.15) is 0 Å². The van der Waals surface area contributed by atoms with Crippen LogP contribution >= 0.6 is 11.9 Å². The lowest BCUT2D eigenvalue weighted by Crippen LogP contribution is -2.37.